The fraction of sp³-hybridized carbons (Fsp3) is 0.200. The molecule has 0 spiro atoms. The molecular weight excluding hydrogens is 486 g/mol. The molecule has 0 fully saturated rings. The molecule has 0 saturated heterocycles. The van der Waals surface area contributed by atoms with E-state index in [1.165, 1.54) is 19.1 Å². The average Bonchev–Trinajstić information content (AvgIpc) is 3.21. The molecule has 0 saturated carbocycles. The number of amides is 1. The van der Waals surface area contributed by atoms with E-state index in [-0.39, 0.29) is 5.82 Å². The Morgan fingerprint density at radius 3 is 2.46 bits per heavy atom. The number of alkyl halides is 3. The van der Waals surface area contributed by atoms with Crippen molar-refractivity contribution >= 4 is 28.4 Å². The number of fused-ring (bicyclic) bond motifs is 1. The van der Waals surface area contributed by atoms with Crippen LogP contribution in [0.5, 0.6) is 5.75 Å². The zero-order valence-electron chi connectivity index (χ0n) is 18.6. The zero-order chi connectivity index (χ0) is 25.3. The van der Waals surface area contributed by atoms with E-state index in [0.717, 1.165) is 5.52 Å². The first-order chi connectivity index (χ1) is 16.5. The molecule has 182 valence electrons. The molecule has 2 atom stereocenters. The molecule has 1 amide bonds. The van der Waals surface area contributed by atoms with Crippen molar-refractivity contribution in [3.63, 3.8) is 0 Å². The van der Waals surface area contributed by atoms with Crippen LogP contribution >= 0.6 is 11.6 Å². The van der Waals surface area contributed by atoms with Crippen molar-refractivity contribution in [2.24, 2.45) is 0 Å². The van der Waals surface area contributed by atoms with E-state index in [1.807, 2.05) is 5.32 Å². The van der Waals surface area contributed by atoms with Gasteiger partial charge in [-0.3, -0.25) is 4.79 Å². The van der Waals surface area contributed by atoms with E-state index in [1.54, 1.807) is 66.3 Å². The van der Waals surface area contributed by atoms with E-state index in [0.29, 0.717) is 33.0 Å². The van der Waals surface area contributed by atoms with E-state index in [2.05, 4.69) is 5.10 Å². The molecule has 0 bridgehead atoms. The molecule has 0 radical (unpaired) electrons. The number of hydrogen-bond acceptors (Lipinski definition) is 3. The van der Waals surface area contributed by atoms with Crippen LogP contribution in [0.4, 0.5) is 17.6 Å². The second-order valence-corrected chi connectivity index (χ2v) is 8.49. The minimum absolute atomic E-state index is 0.364. The first kappa shape index (κ1) is 24.5. The molecular formula is C25H20ClF4N3O2. The number of halogens is 5. The SMILES string of the molecule is Cc1cc(Cl)ccc1[C@H](Oc1ccc2c(cnn2-c2ccc(F)cc2)c1)[C@H](C)NC(=O)C(F)(F)F. The molecule has 3 aromatic carbocycles. The average molecular weight is 506 g/mol. The summed E-state index contributed by atoms with van der Waals surface area (Å²) in [6, 6.07) is 14.8. The maximum Gasteiger partial charge on any atom is 0.471 e. The molecule has 0 aliphatic rings. The lowest BCUT2D eigenvalue weighted by atomic mass is 9.98. The Morgan fingerprint density at radius 1 is 1.09 bits per heavy atom. The number of nitrogens with zero attached hydrogens (tertiary/aromatic N) is 2. The van der Waals surface area contributed by atoms with Gasteiger partial charge in [0.05, 0.1) is 23.4 Å². The Labute approximate surface area is 203 Å². The normalized spacial score (nSPS) is 13.5. The highest BCUT2D eigenvalue weighted by Gasteiger charge is 2.40. The summed E-state index contributed by atoms with van der Waals surface area (Å²) in [5, 5.41) is 7.48. The van der Waals surface area contributed by atoms with E-state index in [4.69, 9.17) is 16.3 Å². The van der Waals surface area contributed by atoms with Crippen LogP contribution in [0.25, 0.3) is 16.6 Å². The van der Waals surface area contributed by atoms with Gasteiger partial charge in [-0.1, -0.05) is 17.7 Å². The molecule has 0 unspecified atom stereocenters. The minimum Gasteiger partial charge on any atom is -0.484 e. The van der Waals surface area contributed by atoms with Crippen LogP contribution in [0.1, 0.15) is 24.2 Å². The van der Waals surface area contributed by atoms with Crippen LogP contribution in [0.15, 0.2) is 66.9 Å². The monoisotopic (exact) mass is 505 g/mol. The maximum absolute atomic E-state index is 13.3. The number of rotatable bonds is 6. The van der Waals surface area contributed by atoms with E-state index in [9.17, 15) is 22.4 Å². The molecule has 0 aliphatic carbocycles. The summed E-state index contributed by atoms with van der Waals surface area (Å²) in [7, 11) is 0. The molecule has 10 heteroatoms. The summed E-state index contributed by atoms with van der Waals surface area (Å²) in [6.45, 7) is 3.19. The van der Waals surface area contributed by atoms with Crippen molar-refractivity contribution in [2.75, 3.05) is 0 Å². The summed E-state index contributed by atoms with van der Waals surface area (Å²) < 4.78 is 59.6. The van der Waals surface area contributed by atoms with Crippen molar-refractivity contribution in [1.82, 2.24) is 15.1 Å². The topological polar surface area (TPSA) is 56.1 Å². The Morgan fingerprint density at radius 2 is 1.80 bits per heavy atom. The lowest BCUT2D eigenvalue weighted by Crippen LogP contribution is -2.45. The van der Waals surface area contributed by atoms with E-state index >= 15 is 0 Å². The third kappa shape index (κ3) is 5.40. The highest BCUT2D eigenvalue weighted by Crippen LogP contribution is 2.32. The molecule has 1 N–H and O–H groups in total. The maximum atomic E-state index is 13.3. The van der Waals surface area contributed by atoms with Crippen LogP contribution in [-0.4, -0.2) is 27.9 Å². The van der Waals surface area contributed by atoms with Crippen LogP contribution < -0.4 is 10.1 Å². The number of carbonyl (C=O) groups excluding carboxylic acids is 1. The number of nitrogens with one attached hydrogen (secondary N) is 1. The van der Waals surface area contributed by atoms with Crippen molar-refractivity contribution in [3.05, 3.63) is 88.8 Å². The molecule has 1 aromatic heterocycles. The molecule has 1 heterocycles. The first-order valence-corrected chi connectivity index (χ1v) is 10.9. The smallest absolute Gasteiger partial charge is 0.471 e. The number of hydrogen-bond donors (Lipinski definition) is 1. The van der Waals surface area contributed by atoms with Gasteiger partial charge in [0.25, 0.3) is 0 Å². The number of benzene rings is 3. The summed E-state index contributed by atoms with van der Waals surface area (Å²) >= 11 is 6.04. The number of aromatic nitrogens is 2. The summed E-state index contributed by atoms with van der Waals surface area (Å²) in [5.74, 6) is -2.05. The van der Waals surface area contributed by atoms with Gasteiger partial charge in [-0.15, -0.1) is 0 Å². The van der Waals surface area contributed by atoms with Gasteiger partial charge >= 0.3 is 12.1 Å². The standard InChI is InChI=1S/C25H20ClF4N3O2/c1-14-11-17(26)3-9-21(14)23(15(2)32-24(34)25(28,29)30)35-20-8-10-22-16(12-20)13-31-33(22)19-6-4-18(27)5-7-19/h3-13,15,23H,1-2H3,(H,32,34)/t15-,23+/m0/s1. The minimum atomic E-state index is -5.03. The highest BCUT2D eigenvalue weighted by molar-refractivity contribution is 6.30. The van der Waals surface area contributed by atoms with Gasteiger partial charge in [-0.2, -0.15) is 18.3 Å². The van der Waals surface area contributed by atoms with Gasteiger partial charge in [0.1, 0.15) is 17.7 Å². The van der Waals surface area contributed by atoms with Gasteiger partial charge in [0.2, 0.25) is 0 Å². The molecule has 5 nitrogen and oxygen atoms in total. The van der Waals surface area contributed by atoms with Gasteiger partial charge in [0, 0.05) is 10.4 Å². The number of aryl methyl sites for hydroxylation is 1. The second kappa shape index (κ2) is 9.58. The second-order valence-electron chi connectivity index (χ2n) is 8.05. The van der Waals surface area contributed by atoms with Crippen molar-refractivity contribution in [3.8, 4) is 11.4 Å². The number of carbonyl (C=O) groups is 1. The summed E-state index contributed by atoms with van der Waals surface area (Å²) in [6.07, 6.45) is -4.37. The fourth-order valence-corrected chi connectivity index (χ4v) is 4.00. The third-order valence-electron chi connectivity index (χ3n) is 5.48. The van der Waals surface area contributed by atoms with Gasteiger partial charge in [0.15, 0.2) is 0 Å². The van der Waals surface area contributed by atoms with Crippen LogP contribution in [0, 0.1) is 12.7 Å². The van der Waals surface area contributed by atoms with Crippen molar-refractivity contribution in [2.45, 2.75) is 32.2 Å². The molecule has 35 heavy (non-hydrogen) atoms. The Kier molecular flexibility index (Phi) is 6.71. The zero-order valence-corrected chi connectivity index (χ0v) is 19.4. The van der Waals surface area contributed by atoms with Gasteiger partial charge in [-0.25, -0.2) is 9.07 Å². The first-order valence-electron chi connectivity index (χ1n) is 10.6. The van der Waals surface area contributed by atoms with E-state index < -0.39 is 24.2 Å². The Balaban J connectivity index is 1.67. The quantitative estimate of drug-likeness (QED) is 0.312. The van der Waals surface area contributed by atoms with Crippen LogP contribution in [-0.2, 0) is 4.79 Å². The Bertz CT molecular complexity index is 1370. The molecule has 4 aromatic rings. The van der Waals surface area contributed by atoms with Gasteiger partial charge in [-0.05, 0) is 79.6 Å². The van der Waals surface area contributed by atoms with Crippen LogP contribution in [0.2, 0.25) is 5.02 Å². The van der Waals surface area contributed by atoms with Crippen molar-refractivity contribution < 1.29 is 27.1 Å². The largest absolute Gasteiger partial charge is 0.484 e. The predicted molar refractivity (Wildman–Crippen MR) is 124 cm³/mol. The lowest BCUT2D eigenvalue weighted by Gasteiger charge is -2.28. The number of ether oxygens (including phenoxy) is 1. The highest BCUT2D eigenvalue weighted by atomic mass is 35.5. The Hall–Kier alpha value is -3.59. The predicted octanol–water partition coefficient (Wildman–Crippen LogP) is 6.31. The summed E-state index contributed by atoms with van der Waals surface area (Å²) in [4.78, 5) is 11.6. The molecule has 0 aliphatic heterocycles. The molecule has 4 rings (SSSR count). The van der Waals surface area contributed by atoms with Crippen LogP contribution in [0.3, 0.4) is 0 Å². The lowest BCUT2D eigenvalue weighted by molar-refractivity contribution is -0.174. The third-order valence-corrected chi connectivity index (χ3v) is 5.72. The summed E-state index contributed by atoms with van der Waals surface area (Å²) in [5.41, 5.74) is 2.65. The fourth-order valence-electron chi connectivity index (χ4n) is 3.78. The van der Waals surface area contributed by atoms with Gasteiger partial charge < -0.3 is 10.1 Å². The van der Waals surface area contributed by atoms with Crippen molar-refractivity contribution in [1.29, 1.82) is 0 Å².